The number of aromatic nitrogens is 1. The molecule has 1 rings (SSSR count). The number of allylic oxidation sites excluding steroid dienone is 1. The molecule has 0 amide bonds. The van der Waals surface area contributed by atoms with Gasteiger partial charge in [0.25, 0.3) is 0 Å². The number of rotatable bonds is 3. The number of hydrogen-bond donors (Lipinski definition) is 0. The normalized spacial score (nSPS) is 10.8. The molecule has 0 unspecified atom stereocenters. The zero-order valence-corrected chi connectivity index (χ0v) is 7.75. The van der Waals surface area contributed by atoms with E-state index in [9.17, 15) is 0 Å². The summed E-state index contributed by atoms with van der Waals surface area (Å²) < 4.78 is 0. The highest BCUT2D eigenvalue weighted by Gasteiger charge is 1.86. The van der Waals surface area contributed by atoms with Gasteiger partial charge < -0.3 is 0 Å². The van der Waals surface area contributed by atoms with Crippen LogP contribution in [0.4, 0.5) is 0 Å². The van der Waals surface area contributed by atoms with Crippen LogP contribution in [0.15, 0.2) is 24.4 Å². The second kappa shape index (κ2) is 4.70. The minimum Gasteiger partial charge on any atom is -0.257 e. The van der Waals surface area contributed by atoms with Gasteiger partial charge in [0.1, 0.15) is 0 Å². The van der Waals surface area contributed by atoms with E-state index in [1.807, 2.05) is 19.2 Å². The first-order valence-electron chi connectivity index (χ1n) is 4.42. The highest BCUT2D eigenvalue weighted by molar-refractivity contribution is 5.44. The van der Waals surface area contributed by atoms with Crippen LogP contribution in [0, 0.1) is 6.92 Å². The van der Waals surface area contributed by atoms with E-state index >= 15 is 0 Å². The highest BCUT2D eigenvalue weighted by Crippen LogP contribution is 2.01. The summed E-state index contributed by atoms with van der Waals surface area (Å²) in [6.45, 7) is 4.22. The van der Waals surface area contributed by atoms with Crippen LogP contribution in [-0.4, -0.2) is 4.98 Å². The molecule has 0 aliphatic heterocycles. The Morgan fingerprint density at radius 2 is 2.25 bits per heavy atom. The Balaban J connectivity index is 2.58. The molecule has 0 bridgehead atoms. The van der Waals surface area contributed by atoms with Crippen molar-refractivity contribution >= 4 is 6.08 Å². The van der Waals surface area contributed by atoms with E-state index in [-0.39, 0.29) is 0 Å². The maximum atomic E-state index is 4.26. The zero-order valence-electron chi connectivity index (χ0n) is 7.75. The summed E-state index contributed by atoms with van der Waals surface area (Å²) in [5, 5.41) is 0. The molecule has 1 heteroatoms. The van der Waals surface area contributed by atoms with Gasteiger partial charge in [0.15, 0.2) is 0 Å². The third kappa shape index (κ3) is 2.87. The van der Waals surface area contributed by atoms with Gasteiger partial charge in [-0.25, -0.2) is 0 Å². The second-order valence-electron chi connectivity index (χ2n) is 2.95. The number of aryl methyl sites for hydroxylation is 1. The van der Waals surface area contributed by atoms with Crippen LogP contribution in [-0.2, 0) is 0 Å². The van der Waals surface area contributed by atoms with Crippen molar-refractivity contribution in [2.24, 2.45) is 0 Å². The third-order valence-corrected chi connectivity index (χ3v) is 1.68. The van der Waals surface area contributed by atoms with Crippen molar-refractivity contribution in [3.63, 3.8) is 0 Å². The average Bonchev–Trinajstić information content (AvgIpc) is 2.09. The van der Waals surface area contributed by atoms with E-state index in [0.29, 0.717) is 0 Å². The van der Waals surface area contributed by atoms with E-state index in [1.165, 1.54) is 12.0 Å². The largest absolute Gasteiger partial charge is 0.257 e. The van der Waals surface area contributed by atoms with Gasteiger partial charge in [-0.15, -0.1) is 0 Å². The molecule has 0 radical (unpaired) electrons. The summed E-state index contributed by atoms with van der Waals surface area (Å²) in [6.07, 6.45) is 8.46. The van der Waals surface area contributed by atoms with Crippen molar-refractivity contribution in [2.75, 3.05) is 0 Å². The first kappa shape index (κ1) is 8.98. The molecule has 1 heterocycles. The standard InChI is InChI=1S/C11H15N/c1-3-4-5-6-11-8-7-10(2)9-12-11/h5-9H,3-4H2,1-2H3/b6-5+. The fourth-order valence-electron chi connectivity index (χ4n) is 0.949. The van der Waals surface area contributed by atoms with Crippen LogP contribution in [0.1, 0.15) is 31.0 Å². The van der Waals surface area contributed by atoms with Crippen LogP contribution in [0.2, 0.25) is 0 Å². The van der Waals surface area contributed by atoms with E-state index in [2.05, 4.69) is 30.1 Å². The van der Waals surface area contributed by atoms with Crippen molar-refractivity contribution in [1.82, 2.24) is 4.98 Å². The van der Waals surface area contributed by atoms with Crippen LogP contribution in [0.25, 0.3) is 6.08 Å². The average molecular weight is 161 g/mol. The number of pyridine rings is 1. The smallest absolute Gasteiger partial charge is 0.0626 e. The maximum Gasteiger partial charge on any atom is 0.0626 e. The van der Waals surface area contributed by atoms with E-state index in [1.54, 1.807) is 0 Å². The van der Waals surface area contributed by atoms with Gasteiger partial charge in [-0.2, -0.15) is 0 Å². The molecule has 64 valence electrons. The lowest BCUT2D eigenvalue weighted by molar-refractivity contribution is 0.962. The molecule has 0 aromatic carbocycles. The van der Waals surface area contributed by atoms with Crippen molar-refractivity contribution in [1.29, 1.82) is 0 Å². The number of nitrogens with zero attached hydrogens (tertiary/aromatic N) is 1. The molecule has 0 fully saturated rings. The second-order valence-corrected chi connectivity index (χ2v) is 2.95. The molecule has 1 nitrogen and oxygen atoms in total. The number of unbranched alkanes of at least 4 members (excludes halogenated alkanes) is 1. The molecule has 0 spiro atoms. The molecule has 12 heavy (non-hydrogen) atoms. The Bertz CT molecular complexity index is 246. The summed E-state index contributed by atoms with van der Waals surface area (Å²) >= 11 is 0. The van der Waals surface area contributed by atoms with Gasteiger partial charge >= 0.3 is 0 Å². The predicted molar refractivity (Wildman–Crippen MR) is 52.9 cm³/mol. The van der Waals surface area contributed by atoms with Crippen molar-refractivity contribution in [3.05, 3.63) is 35.7 Å². The van der Waals surface area contributed by atoms with Gasteiger partial charge in [-0.3, -0.25) is 4.98 Å². The van der Waals surface area contributed by atoms with Gasteiger partial charge in [0.2, 0.25) is 0 Å². The topological polar surface area (TPSA) is 12.9 Å². The molecule has 0 saturated heterocycles. The minimum atomic E-state index is 1.05. The summed E-state index contributed by atoms with van der Waals surface area (Å²) in [7, 11) is 0. The predicted octanol–water partition coefficient (Wildman–Crippen LogP) is 3.20. The van der Waals surface area contributed by atoms with Crippen molar-refractivity contribution < 1.29 is 0 Å². The Labute approximate surface area is 74.2 Å². The van der Waals surface area contributed by atoms with Gasteiger partial charge in [-0.05, 0) is 31.1 Å². The minimum absolute atomic E-state index is 1.05. The van der Waals surface area contributed by atoms with E-state index in [0.717, 1.165) is 12.1 Å². The molecule has 1 aromatic heterocycles. The fourth-order valence-corrected chi connectivity index (χ4v) is 0.949. The Hall–Kier alpha value is -1.11. The molecular weight excluding hydrogens is 146 g/mol. The van der Waals surface area contributed by atoms with Crippen LogP contribution in [0.3, 0.4) is 0 Å². The Kier molecular flexibility index (Phi) is 3.52. The monoisotopic (exact) mass is 161 g/mol. The molecular formula is C11H15N. The Morgan fingerprint density at radius 1 is 1.42 bits per heavy atom. The van der Waals surface area contributed by atoms with E-state index < -0.39 is 0 Å². The first-order chi connectivity index (χ1) is 5.83. The summed E-state index contributed by atoms with van der Waals surface area (Å²) in [6, 6.07) is 4.13. The molecule has 0 aliphatic carbocycles. The summed E-state index contributed by atoms with van der Waals surface area (Å²) in [5.74, 6) is 0. The van der Waals surface area contributed by atoms with Crippen LogP contribution in [0.5, 0.6) is 0 Å². The molecule has 0 atom stereocenters. The summed E-state index contributed by atoms with van der Waals surface area (Å²) in [4.78, 5) is 4.26. The zero-order chi connectivity index (χ0) is 8.81. The van der Waals surface area contributed by atoms with E-state index in [4.69, 9.17) is 0 Å². The molecule has 0 N–H and O–H groups in total. The van der Waals surface area contributed by atoms with Gasteiger partial charge in [-0.1, -0.05) is 25.5 Å². The van der Waals surface area contributed by atoms with Gasteiger partial charge in [0, 0.05) is 6.20 Å². The van der Waals surface area contributed by atoms with Crippen LogP contribution < -0.4 is 0 Å². The molecule has 0 saturated carbocycles. The SMILES string of the molecule is CCC/C=C/c1ccc(C)cn1. The first-order valence-corrected chi connectivity index (χ1v) is 4.42. The van der Waals surface area contributed by atoms with Crippen LogP contribution >= 0.6 is 0 Å². The fraction of sp³-hybridized carbons (Fsp3) is 0.364. The van der Waals surface area contributed by atoms with Crippen molar-refractivity contribution in [3.8, 4) is 0 Å². The molecule has 0 aliphatic rings. The summed E-state index contributed by atoms with van der Waals surface area (Å²) in [5.41, 5.74) is 2.26. The maximum absolute atomic E-state index is 4.26. The quantitative estimate of drug-likeness (QED) is 0.663. The van der Waals surface area contributed by atoms with Crippen molar-refractivity contribution in [2.45, 2.75) is 26.7 Å². The lowest BCUT2D eigenvalue weighted by atomic mass is 10.2. The number of hydrogen-bond acceptors (Lipinski definition) is 1. The third-order valence-electron chi connectivity index (χ3n) is 1.68. The lowest BCUT2D eigenvalue weighted by Crippen LogP contribution is -1.80. The molecule has 1 aromatic rings. The van der Waals surface area contributed by atoms with Gasteiger partial charge in [0.05, 0.1) is 5.69 Å². The Morgan fingerprint density at radius 3 is 2.83 bits per heavy atom. The lowest BCUT2D eigenvalue weighted by Gasteiger charge is -1.92. The highest BCUT2D eigenvalue weighted by atomic mass is 14.7.